The van der Waals surface area contributed by atoms with Gasteiger partial charge in [-0.3, -0.25) is 4.79 Å². The highest BCUT2D eigenvalue weighted by molar-refractivity contribution is 5.88. The van der Waals surface area contributed by atoms with Crippen molar-refractivity contribution in [2.75, 3.05) is 13.7 Å². The lowest BCUT2D eigenvalue weighted by molar-refractivity contribution is 0.280. The van der Waals surface area contributed by atoms with E-state index in [2.05, 4.69) is 29.0 Å². The summed E-state index contributed by atoms with van der Waals surface area (Å²) in [6, 6.07) is 19.6. The van der Waals surface area contributed by atoms with E-state index in [1.807, 2.05) is 44.2 Å². The molecule has 0 aliphatic heterocycles. The van der Waals surface area contributed by atoms with Crippen LogP contribution in [0.2, 0.25) is 0 Å². The van der Waals surface area contributed by atoms with Gasteiger partial charge in [-0.05, 0) is 55.9 Å². The molecule has 0 saturated heterocycles. The Labute approximate surface area is 177 Å². The average molecular weight is 402 g/mol. The molecule has 0 spiro atoms. The van der Waals surface area contributed by atoms with E-state index in [4.69, 9.17) is 9.47 Å². The van der Waals surface area contributed by atoms with Gasteiger partial charge in [0.2, 0.25) is 0 Å². The van der Waals surface area contributed by atoms with Crippen molar-refractivity contribution in [2.24, 2.45) is 5.92 Å². The number of ether oxygens (including phenoxy) is 2. The molecule has 0 amide bonds. The monoisotopic (exact) mass is 401 g/mol. The zero-order valence-corrected chi connectivity index (χ0v) is 17.7. The van der Waals surface area contributed by atoms with Gasteiger partial charge in [-0.25, -0.2) is 0 Å². The summed E-state index contributed by atoms with van der Waals surface area (Å²) in [5.41, 5.74) is 4.98. The molecule has 1 heterocycles. The van der Waals surface area contributed by atoms with Crippen LogP contribution in [0.4, 0.5) is 0 Å². The Balaban J connectivity index is 1.83. The molecular formula is C26H27NO3. The molecule has 0 N–H and O–H groups in total. The molecule has 0 unspecified atom stereocenters. The summed E-state index contributed by atoms with van der Waals surface area (Å²) in [6.45, 7) is 4.62. The molecule has 1 aliphatic rings. The fourth-order valence-electron chi connectivity index (χ4n) is 3.59. The van der Waals surface area contributed by atoms with Crippen molar-refractivity contribution < 1.29 is 9.47 Å². The molecule has 0 atom stereocenters. The normalized spacial score (nSPS) is 13.9. The first-order valence-electron chi connectivity index (χ1n) is 10.3. The summed E-state index contributed by atoms with van der Waals surface area (Å²) >= 11 is 0. The zero-order chi connectivity index (χ0) is 21.1. The van der Waals surface area contributed by atoms with Crippen LogP contribution in [-0.2, 0) is 0 Å². The number of aromatic nitrogens is 1. The molecule has 154 valence electrons. The van der Waals surface area contributed by atoms with Crippen molar-refractivity contribution in [2.45, 2.75) is 26.7 Å². The number of aryl methyl sites for hydroxylation is 2. The van der Waals surface area contributed by atoms with Crippen LogP contribution in [0.1, 0.15) is 35.4 Å². The predicted molar refractivity (Wildman–Crippen MR) is 121 cm³/mol. The summed E-state index contributed by atoms with van der Waals surface area (Å²) in [6.07, 6.45) is 4.57. The van der Waals surface area contributed by atoms with Crippen LogP contribution in [0.25, 0.3) is 11.8 Å². The first-order valence-corrected chi connectivity index (χ1v) is 10.3. The molecule has 1 fully saturated rings. The van der Waals surface area contributed by atoms with E-state index < -0.39 is 0 Å². The largest absolute Gasteiger partial charge is 0.493 e. The van der Waals surface area contributed by atoms with Gasteiger partial charge in [-0.15, -0.1) is 0 Å². The van der Waals surface area contributed by atoms with Gasteiger partial charge < -0.3 is 14.0 Å². The molecule has 1 aliphatic carbocycles. The van der Waals surface area contributed by atoms with Crippen molar-refractivity contribution >= 4 is 11.8 Å². The van der Waals surface area contributed by atoms with Gasteiger partial charge in [0.05, 0.1) is 13.7 Å². The highest BCUT2D eigenvalue weighted by Crippen LogP contribution is 2.36. The van der Waals surface area contributed by atoms with Crippen molar-refractivity contribution in [3.63, 3.8) is 0 Å². The van der Waals surface area contributed by atoms with Gasteiger partial charge >= 0.3 is 0 Å². The quantitative estimate of drug-likeness (QED) is 0.539. The van der Waals surface area contributed by atoms with E-state index in [-0.39, 0.29) is 5.43 Å². The van der Waals surface area contributed by atoms with Gasteiger partial charge in [0.25, 0.3) is 0 Å². The molecule has 4 heteroatoms. The molecule has 4 nitrogen and oxygen atoms in total. The molecule has 3 aromatic rings. The SMILES string of the molecule is COc1ccc(C(=Cn2c(C)cc(=O)cc2C)c2ccccc2)cc1OCC1CC1. The minimum atomic E-state index is 0.0242. The maximum absolute atomic E-state index is 11.9. The van der Waals surface area contributed by atoms with Gasteiger partial charge in [0, 0.05) is 35.3 Å². The fraction of sp³-hybridized carbons (Fsp3) is 0.269. The lowest BCUT2D eigenvalue weighted by Crippen LogP contribution is -2.09. The summed E-state index contributed by atoms with van der Waals surface area (Å²) in [4.78, 5) is 11.9. The molecular weight excluding hydrogens is 374 g/mol. The summed E-state index contributed by atoms with van der Waals surface area (Å²) in [5, 5.41) is 0. The molecule has 2 aromatic carbocycles. The van der Waals surface area contributed by atoms with E-state index in [0.717, 1.165) is 46.2 Å². The van der Waals surface area contributed by atoms with Crippen molar-refractivity contribution in [1.29, 1.82) is 0 Å². The Morgan fingerprint density at radius 3 is 2.30 bits per heavy atom. The van der Waals surface area contributed by atoms with Gasteiger partial charge in [-0.1, -0.05) is 36.4 Å². The molecule has 0 radical (unpaired) electrons. The van der Waals surface area contributed by atoms with Gasteiger partial charge in [0.1, 0.15) is 0 Å². The number of rotatable bonds is 7. The Morgan fingerprint density at radius 1 is 0.967 bits per heavy atom. The molecule has 4 rings (SSSR count). The zero-order valence-electron chi connectivity index (χ0n) is 17.7. The maximum atomic E-state index is 11.9. The van der Waals surface area contributed by atoms with Crippen molar-refractivity contribution in [3.05, 3.63) is 93.4 Å². The number of pyridine rings is 1. The Hall–Kier alpha value is -3.27. The number of hydrogen-bond acceptors (Lipinski definition) is 3. The third-order valence-electron chi connectivity index (χ3n) is 5.45. The van der Waals surface area contributed by atoms with E-state index in [1.54, 1.807) is 19.2 Å². The van der Waals surface area contributed by atoms with E-state index in [0.29, 0.717) is 5.92 Å². The number of benzene rings is 2. The number of hydrogen-bond donors (Lipinski definition) is 0. The Morgan fingerprint density at radius 2 is 1.67 bits per heavy atom. The minimum absolute atomic E-state index is 0.0242. The lowest BCUT2D eigenvalue weighted by Gasteiger charge is -2.16. The third kappa shape index (κ3) is 4.48. The summed E-state index contributed by atoms with van der Waals surface area (Å²) < 4.78 is 13.7. The summed E-state index contributed by atoms with van der Waals surface area (Å²) in [7, 11) is 1.67. The van der Waals surface area contributed by atoms with Crippen LogP contribution in [0, 0.1) is 19.8 Å². The van der Waals surface area contributed by atoms with E-state index in [1.165, 1.54) is 12.8 Å². The Kier molecular flexibility index (Phi) is 5.75. The van der Waals surface area contributed by atoms with Crippen molar-refractivity contribution in [1.82, 2.24) is 4.57 Å². The maximum Gasteiger partial charge on any atom is 0.182 e. The van der Waals surface area contributed by atoms with E-state index in [9.17, 15) is 4.79 Å². The van der Waals surface area contributed by atoms with E-state index >= 15 is 0 Å². The second-order valence-corrected chi connectivity index (χ2v) is 7.87. The smallest absolute Gasteiger partial charge is 0.182 e. The number of methoxy groups -OCH3 is 1. The first kappa shape index (κ1) is 20.0. The number of nitrogens with zero attached hydrogens (tertiary/aromatic N) is 1. The highest BCUT2D eigenvalue weighted by atomic mass is 16.5. The van der Waals surface area contributed by atoms with Crippen LogP contribution in [-0.4, -0.2) is 18.3 Å². The lowest BCUT2D eigenvalue weighted by atomic mass is 9.98. The van der Waals surface area contributed by atoms with Crippen LogP contribution in [0.5, 0.6) is 11.5 Å². The highest BCUT2D eigenvalue weighted by Gasteiger charge is 2.23. The first-order chi connectivity index (χ1) is 14.5. The predicted octanol–water partition coefficient (Wildman–Crippen LogP) is 5.31. The van der Waals surface area contributed by atoms with Crippen LogP contribution < -0.4 is 14.9 Å². The van der Waals surface area contributed by atoms with Gasteiger partial charge in [0.15, 0.2) is 16.9 Å². The second-order valence-electron chi connectivity index (χ2n) is 7.87. The van der Waals surface area contributed by atoms with Crippen LogP contribution in [0.15, 0.2) is 65.5 Å². The molecule has 30 heavy (non-hydrogen) atoms. The van der Waals surface area contributed by atoms with Crippen molar-refractivity contribution in [3.8, 4) is 11.5 Å². The summed E-state index contributed by atoms with van der Waals surface area (Å²) in [5.74, 6) is 2.16. The minimum Gasteiger partial charge on any atom is -0.493 e. The molecule has 1 saturated carbocycles. The van der Waals surface area contributed by atoms with Crippen LogP contribution >= 0.6 is 0 Å². The van der Waals surface area contributed by atoms with Gasteiger partial charge in [-0.2, -0.15) is 0 Å². The second kappa shape index (κ2) is 8.62. The average Bonchev–Trinajstić information content (AvgIpc) is 3.57. The fourth-order valence-corrected chi connectivity index (χ4v) is 3.59. The Bertz CT molecular complexity index is 1100. The standard InChI is InChI=1S/C26H27NO3/c1-18-13-23(28)14-19(2)27(18)16-24(21-7-5-4-6-8-21)22-11-12-25(29-3)26(15-22)30-17-20-9-10-20/h4-8,11-16,20H,9-10,17H2,1-3H3. The topological polar surface area (TPSA) is 40.5 Å². The molecule has 1 aromatic heterocycles. The third-order valence-corrected chi connectivity index (χ3v) is 5.45. The van der Waals surface area contributed by atoms with Crippen LogP contribution in [0.3, 0.4) is 0 Å². The molecule has 0 bridgehead atoms.